The summed E-state index contributed by atoms with van der Waals surface area (Å²) in [6.45, 7) is 0. The number of hydrogen-bond acceptors (Lipinski definition) is 4. The van der Waals surface area contributed by atoms with E-state index in [1.165, 1.54) is 0 Å². The lowest BCUT2D eigenvalue weighted by Gasteiger charge is -2.07. The minimum absolute atomic E-state index is 0.0526. The second-order valence-corrected chi connectivity index (χ2v) is 6.48. The fourth-order valence-corrected chi connectivity index (χ4v) is 3.23. The van der Waals surface area contributed by atoms with Crippen LogP contribution in [0.15, 0.2) is 66.0 Å². The van der Waals surface area contributed by atoms with Crippen LogP contribution in [-0.4, -0.2) is 26.4 Å². The molecule has 1 aromatic carbocycles. The quantitative estimate of drug-likeness (QED) is 0.675. The number of halogens is 1. The highest BCUT2D eigenvalue weighted by molar-refractivity contribution is 7.99. The number of amides is 1. The van der Waals surface area contributed by atoms with Gasteiger partial charge in [0.05, 0.1) is 16.9 Å². The summed E-state index contributed by atoms with van der Waals surface area (Å²) < 4.78 is 1.66. The Morgan fingerprint density at radius 2 is 2.08 bits per heavy atom. The van der Waals surface area contributed by atoms with Crippen molar-refractivity contribution in [3.63, 3.8) is 0 Å². The van der Waals surface area contributed by atoms with Gasteiger partial charge in [0.25, 0.3) is 0 Å². The maximum Gasteiger partial charge on any atom is 0.225 e. The molecular formula is C17H15ClN4OS. The Morgan fingerprint density at radius 3 is 2.79 bits per heavy atom. The molecule has 0 radical (unpaired) electrons. The summed E-state index contributed by atoms with van der Waals surface area (Å²) >= 11 is 7.66. The van der Waals surface area contributed by atoms with E-state index in [1.54, 1.807) is 34.9 Å². The molecule has 3 rings (SSSR count). The molecule has 0 aliphatic heterocycles. The molecule has 0 bridgehead atoms. The Kier molecular flexibility index (Phi) is 5.51. The Balaban J connectivity index is 1.49. The third kappa shape index (κ3) is 4.37. The molecule has 3 aromatic rings. The smallest absolute Gasteiger partial charge is 0.225 e. The van der Waals surface area contributed by atoms with Crippen LogP contribution in [0.4, 0.5) is 5.69 Å². The second kappa shape index (κ2) is 7.99. The molecule has 0 spiro atoms. The van der Waals surface area contributed by atoms with Gasteiger partial charge in [0.15, 0.2) is 5.82 Å². The molecule has 0 aliphatic rings. The number of hydrogen-bond donors (Lipinski definition) is 1. The monoisotopic (exact) mass is 358 g/mol. The van der Waals surface area contributed by atoms with Crippen molar-refractivity contribution in [1.82, 2.24) is 14.8 Å². The molecule has 0 atom stereocenters. The maximum atomic E-state index is 12.0. The summed E-state index contributed by atoms with van der Waals surface area (Å²) in [5.41, 5.74) is 0.665. The second-order valence-electron chi connectivity index (χ2n) is 4.93. The molecule has 1 N–H and O–H groups in total. The largest absolute Gasteiger partial charge is 0.325 e. The molecule has 122 valence electrons. The van der Waals surface area contributed by atoms with Crippen LogP contribution in [0.5, 0.6) is 0 Å². The van der Waals surface area contributed by atoms with Crippen LogP contribution in [0.1, 0.15) is 6.42 Å². The maximum absolute atomic E-state index is 12.0. The first-order valence-corrected chi connectivity index (χ1v) is 8.72. The van der Waals surface area contributed by atoms with Gasteiger partial charge in [-0.15, -0.1) is 11.8 Å². The van der Waals surface area contributed by atoms with E-state index in [0.717, 1.165) is 4.90 Å². The normalized spacial score (nSPS) is 10.5. The topological polar surface area (TPSA) is 59.8 Å². The van der Waals surface area contributed by atoms with Crippen LogP contribution < -0.4 is 5.32 Å². The van der Waals surface area contributed by atoms with Gasteiger partial charge in [0, 0.05) is 29.5 Å². The number of pyridine rings is 1. The number of thioether (sulfide) groups is 1. The lowest BCUT2D eigenvalue weighted by atomic mass is 10.3. The molecular weight excluding hydrogens is 344 g/mol. The van der Waals surface area contributed by atoms with E-state index in [2.05, 4.69) is 15.4 Å². The van der Waals surface area contributed by atoms with E-state index in [9.17, 15) is 4.79 Å². The van der Waals surface area contributed by atoms with Gasteiger partial charge < -0.3 is 5.32 Å². The van der Waals surface area contributed by atoms with Crippen LogP contribution >= 0.6 is 23.4 Å². The zero-order valence-corrected chi connectivity index (χ0v) is 14.3. The number of benzene rings is 1. The predicted octanol–water partition coefficient (Wildman–Crippen LogP) is 4.04. The number of nitrogens with zero attached hydrogens (tertiary/aromatic N) is 3. The average Bonchev–Trinajstić information content (AvgIpc) is 3.12. The van der Waals surface area contributed by atoms with E-state index < -0.39 is 0 Å². The van der Waals surface area contributed by atoms with E-state index in [1.807, 2.05) is 42.6 Å². The van der Waals surface area contributed by atoms with Crippen molar-refractivity contribution in [2.45, 2.75) is 11.3 Å². The SMILES string of the molecule is O=C(CCSc1ccccc1Cl)Nc1ccc(-n2cccn2)nc1. The van der Waals surface area contributed by atoms with Crippen LogP contribution in [0.25, 0.3) is 5.82 Å². The Morgan fingerprint density at radius 1 is 1.21 bits per heavy atom. The van der Waals surface area contributed by atoms with E-state index in [-0.39, 0.29) is 5.91 Å². The molecule has 0 aliphatic carbocycles. The molecule has 1 amide bonds. The van der Waals surface area contributed by atoms with Gasteiger partial charge in [0.2, 0.25) is 5.91 Å². The summed E-state index contributed by atoms with van der Waals surface area (Å²) in [4.78, 5) is 17.3. The molecule has 5 nitrogen and oxygen atoms in total. The Bertz CT molecular complexity index is 806. The van der Waals surface area contributed by atoms with E-state index in [0.29, 0.717) is 28.7 Å². The van der Waals surface area contributed by atoms with Gasteiger partial charge in [-0.3, -0.25) is 4.79 Å². The Labute approximate surface area is 149 Å². The first-order valence-electron chi connectivity index (χ1n) is 7.35. The van der Waals surface area contributed by atoms with Gasteiger partial charge in [-0.25, -0.2) is 9.67 Å². The predicted molar refractivity (Wildman–Crippen MR) is 96.8 cm³/mol. The van der Waals surface area contributed by atoms with Gasteiger partial charge in [-0.2, -0.15) is 5.10 Å². The van der Waals surface area contributed by atoms with Crippen LogP contribution in [0.2, 0.25) is 5.02 Å². The van der Waals surface area contributed by atoms with Crippen molar-refractivity contribution in [1.29, 1.82) is 0 Å². The summed E-state index contributed by atoms with van der Waals surface area (Å²) in [5.74, 6) is 1.31. The highest BCUT2D eigenvalue weighted by Gasteiger charge is 2.06. The molecule has 2 aromatic heterocycles. The minimum atomic E-state index is -0.0526. The van der Waals surface area contributed by atoms with E-state index >= 15 is 0 Å². The van der Waals surface area contributed by atoms with Crippen molar-refractivity contribution in [2.24, 2.45) is 0 Å². The summed E-state index contributed by atoms with van der Waals surface area (Å²) in [6, 6.07) is 13.1. The summed E-state index contributed by atoms with van der Waals surface area (Å²) in [7, 11) is 0. The third-order valence-corrected chi connectivity index (χ3v) is 4.71. The van der Waals surface area contributed by atoms with Crippen LogP contribution in [0, 0.1) is 0 Å². The first-order chi connectivity index (χ1) is 11.7. The number of nitrogens with one attached hydrogen (secondary N) is 1. The third-order valence-electron chi connectivity index (χ3n) is 3.19. The van der Waals surface area contributed by atoms with Crippen molar-refractivity contribution < 1.29 is 4.79 Å². The average molecular weight is 359 g/mol. The molecule has 0 unspecified atom stereocenters. The van der Waals surface area contributed by atoms with Crippen molar-refractivity contribution in [3.8, 4) is 5.82 Å². The number of rotatable bonds is 6. The fourth-order valence-electron chi connectivity index (χ4n) is 2.04. The summed E-state index contributed by atoms with van der Waals surface area (Å²) in [5, 5.41) is 7.65. The standard InChI is InChI=1S/C17H15ClN4OS/c18-14-4-1-2-5-15(14)24-11-8-17(23)21-13-6-7-16(19-12-13)22-10-3-9-20-22/h1-7,9-10,12H,8,11H2,(H,21,23). The molecule has 0 saturated carbocycles. The Hall–Kier alpha value is -2.31. The lowest BCUT2D eigenvalue weighted by Crippen LogP contribution is -2.12. The van der Waals surface area contributed by atoms with Crippen LogP contribution in [-0.2, 0) is 4.79 Å². The highest BCUT2D eigenvalue weighted by Crippen LogP contribution is 2.27. The molecule has 24 heavy (non-hydrogen) atoms. The van der Waals surface area contributed by atoms with Crippen molar-refractivity contribution in [3.05, 3.63) is 66.1 Å². The number of aromatic nitrogens is 3. The zero-order valence-electron chi connectivity index (χ0n) is 12.7. The van der Waals surface area contributed by atoms with E-state index in [4.69, 9.17) is 11.6 Å². The number of anilines is 1. The van der Waals surface area contributed by atoms with Gasteiger partial charge in [-0.05, 0) is 30.3 Å². The van der Waals surface area contributed by atoms with Gasteiger partial charge in [0.1, 0.15) is 0 Å². The van der Waals surface area contributed by atoms with Gasteiger partial charge >= 0.3 is 0 Å². The number of carbonyl (C=O) groups excluding carboxylic acids is 1. The van der Waals surface area contributed by atoms with Crippen molar-refractivity contribution >= 4 is 35.0 Å². The molecule has 0 fully saturated rings. The van der Waals surface area contributed by atoms with Crippen LogP contribution in [0.3, 0.4) is 0 Å². The summed E-state index contributed by atoms with van der Waals surface area (Å²) in [6.07, 6.45) is 5.52. The first kappa shape index (κ1) is 16.5. The van der Waals surface area contributed by atoms with Crippen molar-refractivity contribution in [2.75, 3.05) is 11.1 Å². The lowest BCUT2D eigenvalue weighted by molar-refractivity contribution is -0.115. The minimum Gasteiger partial charge on any atom is -0.325 e. The fraction of sp³-hybridized carbons (Fsp3) is 0.118. The number of carbonyl (C=O) groups is 1. The highest BCUT2D eigenvalue weighted by atomic mass is 35.5. The molecule has 2 heterocycles. The molecule has 7 heteroatoms. The zero-order chi connectivity index (χ0) is 16.8. The molecule has 0 saturated heterocycles. The van der Waals surface area contributed by atoms with Gasteiger partial charge in [-0.1, -0.05) is 23.7 Å².